The molecule has 1 unspecified atom stereocenters. The lowest BCUT2D eigenvalue weighted by Gasteiger charge is -2.25. The van der Waals surface area contributed by atoms with Crippen LogP contribution in [0, 0.1) is 12.8 Å². The van der Waals surface area contributed by atoms with Gasteiger partial charge >= 0.3 is 5.97 Å². The molecule has 0 aromatic heterocycles. The van der Waals surface area contributed by atoms with Crippen LogP contribution in [0.1, 0.15) is 44.7 Å². The highest BCUT2D eigenvalue weighted by atomic mass is 16.5. The summed E-state index contributed by atoms with van der Waals surface area (Å²) in [6.45, 7) is 12.3. The van der Waals surface area contributed by atoms with E-state index in [9.17, 15) is 9.59 Å². The van der Waals surface area contributed by atoms with E-state index in [1.54, 1.807) is 17.9 Å². The molecule has 0 saturated heterocycles. The highest BCUT2D eigenvalue weighted by Gasteiger charge is 2.20. The number of rotatable bonds is 12. The van der Waals surface area contributed by atoms with Gasteiger partial charge in [-0.25, -0.2) is 0 Å². The minimum absolute atomic E-state index is 0.0702. The summed E-state index contributed by atoms with van der Waals surface area (Å²) in [6.07, 6.45) is 5.36. The summed E-state index contributed by atoms with van der Waals surface area (Å²) in [5.74, 6) is -0.702. The summed E-state index contributed by atoms with van der Waals surface area (Å²) in [5.41, 5.74) is 2.17. The number of methoxy groups -OCH3 is 1. The van der Waals surface area contributed by atoms with E-state index in [1.165, 1.54) is 12.7 Å². The van der Waals surface area contributed by atoms with E-state index >= 15 is 0 Å². The third kappa shape index (κ3) is 8.70. The Kier molecular flexibility index (Phi) is 11.2. The van der Waals surface area contributed by atoms with E-state index in [0.717, 1.165) is 38.0 Å². The lowest BCUT2D eigenvalue weighted by Crippen LogP contribution is -2.37. The number of unbranched alkanes of at least 4 members (excludes halogenated alkanes) is 1. The Bertz CT molecular complexity index is 621. The molecule has 1 rings (SSSR count). The summed E-state index contributed by atoms with van der Waals surface area (Å²) < 4.78 is 4.82. The number of carbonyl (C=O) groups is 2. The largest absolute Gasteiger partial charge is 0.469 e. The van der Waals surface area contributed by atoms with Gasteiger partial charge in [-0.1, -0.05) is 50.6 Å². The van der Waals surface area contributed by atoms with Gasteiger partial charge in [0.25, 0.3) is 0 Å². The molecule has 0 aliphatic carbocycles. The van der Waals surface area contributed by atoms with E-state index in [0.29, 0.717) is 13.1 Å². The Labute approximate surface area is 170 Å². The second kappa shape index (κ2) is 13.1. The maximum atomic E-state index is 12.7. The number of carbonyl (C=O) groups excluding carboxylic acids is 2. The van der Waals surface area contributed by atoms with Gasteiger partial charge in [-0.15, -0.1) is 0 Å². The van der Waals surface area contributed by atoms with Gasteiger partial charge in [0.2, 0.25) is 5.91 Å². The molecule has 0 heterocycles. The zero-order valence-electron chi connectivity index (χ0n) is 18.1. The summed E-state index contributed by atoms with van der Waals surface area (Å²) >= 11 is 0. The van der Waals surface area contributed by atoms with Gasteiger partial charge in [0.1, 0.15) is 0 Å². The topological polar surface area (TPSA) is 49.9 Å². The highest BCUT2D eigenvalue weighted by molar-refractivity contribution is 5.92. The van der Waals surface area contributed by atoms with E-state index in [4.69, 9.17) is 4.74 Å². The lowest BCUT2D eigenvalue weighted by atomic mass is 10.1. The van der Waals surface area contributed by atoms with Crippen molar-refractivity contribution in [1.82, 2.24) is 9.80 Å². The average molecular weight is 389 g/mol. The van der Waals surface area contributed by atoms with Gasteiger partial charge in [0.05, 0.1) is 13.0 Å². The van der Waals surface area contributed by atoms with E-state index in [1.807, 2.05) is 37.3 Å². The zero-order chi connectivity index (χ0) is 20.9. The monoisotopic (exact) mass is 388 g/mol. The van der Waals surface area contributed by atoms with Gasteiger partial charge in [-0.2, -0.15) is 0 Å². The van der Waals surface area contributed by atoms with Crippen LogP contribution in [-0.2, 0) is 14.3 Å². The molecular weight excluding hydrogens is 352 g/mol. The molecule has 0 radical (unpaired) electrons. The van der Waals surface area contributed by atoms with E-state index < -0.39 is 0 Å². The number of aryl methyl sites for hydroxylation is 1. The summed E-state index contributed by atoms with van der Waals surface area (Å²) in [6, 6.07) is 8.03. The molecule has 0 bridgehead atoms. The summed E-state index contributed by atoms with van der Waals surface area (Å²) in [7, 11) is 1.38. The smallest absolute Gasteiger partial charge is 0.310 e. The third-order valence-corrected chi connectivity index (χ3v) is 4.95. The van der Waals surface area contributed by atoms with Crippen LogP contribution in [0.4, 0.5) is 0 Å². The molecular formula is C23H36N2O3. The Morgan fingerprint density at radius 1 is 1.07 bits per heavy atom. The van der Waals surface area contributed by atoms with Crippen molar-refractivity contribution in [3.63, 3.8) is 0 Å². The number of benzene rings is 1. The number of ether oxygens (including phenoxy) is 1. The van der Waals surface area contributed by atoms with Crippen LogP contribution in [0.5, 0.6) is 0 Å². The van der Waals surface area contributed by atoms with Crippen LogP contribution in [0.3, 0.4) is 0 Å². The van der Waals surface area contributed by atoms with Crippen LogP contribution in [0.2, 0.25) is 0 Å². The predicted octanol–water partition coefficient (Wildman–Crippen LogP) is 3.77. The molecule has 156 valence electrons. The van der Waals surface area contributed by atoms with Crippen molar-refractivity contribution in [2.45, 2.75) is 40.5 Å². The first kappa shape index (κ1) is 23.9. The number of hydrogen-bond donors (Lipinski definition) is 0. The minimum atomic E-state index is -0.343. The molecule has 0 aliphatic heterocycles. The van der Waals surface area contributed by atoms with Gasteiger partial charge in [0.15, 0.2) is 0 Å². The number of esters is 1. The fraction of sp³-hybridized carbons (Fsp3) is 0.565. The Hall–Kier alpha value is -2.14. The molecule has 0 aliphatic rings. The Morgan fingerprint density at radius 3 is 2.25 bits per heavy atom. The van der Waals surface area contributed by atoms with Crippen molar-refractivity contribution in [2.24, 2.45) is 5.92 Å². The molecule has 0 N–H and O–H groups in total. The molecule has 0 fully saturated rings. The lowest BCUT2D eigenvalue weighted by molar-refractivity contribution is -0.146. The van der Waals surface area contributed by atoms with Crippen LogP contribution in [0.15, 0.2) is 30.3 Å². The fourth-order valence-corrected chi connectivity index (χ4v) is 3.03. The van der Waals surface area contributed by atoms with E-state index in [2.05, 4.69) is 18.7 Å². The molecule has 5 nitrogen and oxygen atoms in total. The van der Waals surface area contributed by atoms with Gasteiger partial charge < -0.3 is 14.5 Å². The van der Waals surface area contributed by atoms with Crippen LogP contribution >= 0.6 is 0 Å². The first-order valence-corrected chi connectivity index (χ1v) is 10.2. The minimum Gasteiger partial charge on any atom is -0.469 e. The van der Waals surface area contributed by atoms with Gasteiger partial charge in [-0.05, 0) is 51.0 Å². The van der Waals surface area contributed by atoms with Crippen molar-refractivity contribution in [3.05, 3.63) is 41.5 Å². The molecule has 1 atom stereocenters. The fourth-order valence-electron chi connectivity index (χ4n) is 3.03. The second-order valence-electron chi connectivity index (χ2n) is 7.19. The Morgan fingerprint density at radius 2 is 1.68 bits per heavy atom. The average Bonchev–Trinajstić information content (AvgIpc) is 2.71. The van der Waals surface area contributed by atoms with Crippen molar-refractivity contribution >= 4 is 18.0 Å². The SMILES string of the molecule is CCN(CC)CCCCN(CC(C)C(=O)OC)C(=O)/C=C/c1ccc(C)cc1. The zero-order valence-corrected chi connectivity index (χ0v) is 18.1. The summed E-state index contributed by atoms with van der Waals surface area (Å²) in [5, 5.41) is 0. The van der Waals surface area contributed by atoms with Crippen molar-refractivity contribution in [3.8, 4) is 0 Å². The first-order valence-electron chi connectivity index (χ1n) is 10.2. The Balaban J connectivity index is 2.70. The maximum Gasteiger partial charge on any atom is 0.310 e. The maximum absolute atomic E-state index is 12.7. The molecule has 0 spiro atoms. The molecule has 1 aromatic rings. The third-order valence-electron chi connectivity index (χ3n) is 4.95. The van der Waals surface area contributed by atoms with Gasteiger partial charge in [-0.3, -0.25) is 9.59 Å². The molecule has 5 heteroatoms. The molecule has 0 saturated carbocycles. The normalized spacial score (nSPS) is 12.4. The van der Waals surface area contributed by atoms with Crippen molar-refractivity contribution < 1.29 is 14.3 Å². The number of amides is 1. The highest BCUT2D eigenvalue weighted by Crippen LogP contribution is 2.09. The first-order chi connectivity index (χ1) is 13.4. The van der Waals surface area contributed by atoms with Crippen LogP contribution < -0.4 is 0 Å². The van der Waals surface area contributed by atoms with Crippen LogP contribution in [0.25, 0.3) is 6.08 Å². The quantitative estimate of drug-likeness (QED) is 0.311. The van der Waals surface area contributed by atoms with Crippen molar-refractivity contribution in [2.75, 3.05) is 39.8 Å². The van der Waals surface area contributed by atoms with Crippen molar-refractivity contribution in [1.29, 1.82) is 0 Å². The molecule has 28 heavy (non-hydrogen) atoms. The molecule has 1 aromatic carbocycles. The van der Waals surface area contributed by atoms with Crippen LogP contribution in [-0.4, -0.2) is 61.5 Å². The molecule has 1 amide bonds. The van der Waals surface area contributed by atoms with E-state index in [-0.39, 0.29) is 17.8 Å². The number of hydrogen-bond acceptors (Lipinski definition) is 4. The van der Waals surface area contributed by atoms with Gasteiger partial charge in [0, 0.05) is 19.2 Å². The summed E-state index contributed by atoms with van der Waals surface area (Å²) in [4.78, 5) is 28.7. The standard InChI is InChI=1S/C23H36N2O3/c1-6-24(7-2)16-8-9-17-25(18-20(4)23(27)28-5)22(26)15-14-21-12-10-19(3)11-13-21/h10-15,20H,6-9,16-18H2,1-5H3/b15-14+. The number of nitrogens with zero attached hydrogens (tertiary/aromatic N) is 2. The second-order valence-corrected chi connectivity index (χ2v) is 7.19. The predicted molar refractivity (Wildman–Crippen MR) is 115 cm³/mol.